The maximum absolute atomic E-state index is 12.6. The van der Waals surface area contributed by atoms with Crippen LogP contribution in [0.1, 0.15) is 25.3 Å². The number of ether oxygens (including phenoxy) is 1. The van der Waals surface area contributed by atoms with E-state index in [1.807, 2.05) is 25.1 Å². The highest BCUT2D eigenvalue weighted by Crippen LogP contribution is 2.30. The van der Waals surface area contributed by atoms with Gasteiger partial charge in [0.15, 0.2) is 0 Å². The van der Waals surface area contributed by atoms with Gasteiger partial charge in [-0.25, -0.2) is 13.1 Å². The molecule has 8 heteroatoms. The Morgan fingerprint density at radius 1 is 1.21 bits per heavy atom. The van der Waals surface area contributed by atoms with Crippen molar-refractivity contribution in [3.05, 3.63) is 52.5 Å². The average molecular weight is 467 g/mol. The Bertz CT molecular complexity index is 945. The molecule has 0 unspecified atom stereocenters. The zero-order valence-corrected chi connectivity index (χ0v) is 18.1. The number of halogens is 1. The zero-order valence-electron chi connectivity index (χ0n) is 15.7. The van der Waals surface area contributed by atoms with E-state index < -0.39 is 10.0 Å². The summed E-state index contributed by atoms with van der Waals surface area (Å²) in [4.78, 5) is 14.5. The lowest BCUT2D eigenvalue weighted by molar-refractivity contribution is -0.118. The quantitative estimate of drug-likeness (QED) is 0.677. The van der Waals surface area contributed by atoms with Crippen molar-refractivity contribution >= 4 is 37.5 Å². The van der Waals surface area contributed by atoms with Crippen molar-refractivity contribution < 1.29 is 17.9 Å². The van der Waals surface area contributed by atoms with Crippen molar-refractivity contribution in [3.8, 4) is 5.75 Å². The third-order valence-corrected chi connectivity index (χ3v) is 6.51. The van der Waals surface area contributed by atoms with E-state index in [-0.39, 0.29) is 23.8 Å². The lowest BCUT2D eigenvalue weighted by atomic mass is 10.0. The number of carbonyl (C=O) groups excluding carboxylic acids is 1. The van der Waals surface area contributed by atoms with Crippen LogP contribution in [0.15, 0.2) is 51.8 Å². The Hall–Kier alpha value is -1.90. The van der Waals surface area contributed by atoms with E-state index >= 15 is 0 Å². The molecule has 3 rings (SSSR count). The predicted octanol–water partition coefficient (Wildman–Crippen LogP) is 3.50. The van der Waals surface area contributed by atoms with E-state index in [0.717, 1.165) is 28.6 Å². The number of nitrogens with one attached hydrogen (secondary N) is 1. The highest BCUT2D eigenvalue weighted by Gasteiger charge is 2.23. The van der Waals surface area contributed by atoms with Crippen LogP contribution in [0.2, 0.25) is 0 Å². The van der Waals surface area contributed by atoms with Crippen LogP contribution in [-0.2, 0) is 21.2 Å². The number of fused-ring (bicyclic) bond motifs is 1. The Kier molecular flexibility index (Phi) is 6.74. The number of hydrogen-bond donors (Lipinski definition) is 1. The number of aryl methyl sites for hydroxylation is 1. The van der Waals surface area contributed by atoms with Crippen LogP contribution in [0.4, 0.5) is 5.69 Å². The summed E-state index contributed by atoms with van der Waals surface area (Å²) in [6.07, 6.45) is 1.93. The second-order valence-corrected chi connectivity index (χ2v) is 9.16. The maximum atomic E-state index is 12.6. The van der Waals surface area contributed by atoms with E-state index in [1.54, 1.807) is 17.0 Å². The van der Waals surface area contributed by atoms with Gasteiger partial charge in [0, 0.05) is 29.7 Å². The first kappa shape index (κ1) is 20.8. The summed E-state index contributed by atoms with van der Waals surface area (Å²) in [6.45, 7) is 3.08. The molecule has 0 saturated carbocycles. The fourth-order valence-electron chi connectivity index (χ4n) is 3.22. The summed E-state index contributed by atoms with van der Waals surface area (Å²) in [5.41, 5.74) is 2.04. The van der Waals surface area contributed by atoms with Crippen LogP contribution in [0.25, 0.3) is 0 Å². The SMILES string of the molecule is CCOc1ccc(S(=O)(=O)NCCC(=O)N2CCCc3cc(Br)ccc32)cc1. The smallest absolute Gasteiger partial charge is 0.240 e. The van der Waals surface area contributed by atoms with Gasteiger partial charge in [-0.15, -0.1) is 0 Å². The molecule has 2 aromatic carbocycles. The van der Waals surface area contributed by atoms with Gasteiger partial charge in [0.1, 0.15) is 5.75 Å². The molecule has 0 radical (unpaired) electrons. The second kappa shape index (κ2) is 9.07. The number of amides is 1. The molecule has 0 atom stereocenters. The Morgan fingerprint density at radius 2 is 1.96 bits per heavy atom. The van der Waals surface area contributed by atoms with Gasteiger partial charge in [0.2, 0.25) is 15.9 Å². The summed E-state index contributed by atoms with van der Waals surface area (Å²) in [7, 11) is -3.67. The zero-order chi connectivity index (χ0) is 20.1. The largest absolute Gasteiger partial charge is 0.494 e. The second-order valence-electron chi connectivity index (χ2n) is 6.47. The van der Waals surface area contributed by atoms with Gasteiger partial charge in [-0.3, -0.25) is 4.79 Å². The van der Waals surface area contributed by atoms with Crippen LogP contribution in [-0.4, -0.2) is 34.0 Å². The number of anilines is 1. The number of rotatable bonds is 7. The molecule has 0 bridgehead atoms. The minimum Gasteiger partial charge on any atom is -0.494 e. The number of carbonyl (C=O) groups is 1. The topological polar surface area (TPSA) is 75.7 Å². The first-order chi connectivity index (χ1) is 13.4. The number of hydrogen-bond acceptors (Lipinski definition) is 4. The van der Waals surface area contributed by atoms with Gasteiger partial charge in [0.25, 0.3) is 0 Å². The van der Waals surface area contributed by atoms with E-state index in [2.05, 4.69) is 20.7 Å². The number of benzene rings is 2. The molecule has 6 nitrogen and oxygen atoms in total. The van der Waals surface area contributed by atoms with Crippen molar-refractivity contribution in [2.45, 2.75) is 31.1 Å². The lowest BCUT2D eigenvalue weighted by Crippen LogP contribution is -2.37. The van der Waals surface area contributed by atoms with Gasteiger partial charge in [0.05, 0.1) is 11.5 Å². The van der Waals surface area contributed by atoms with Gasteiger partial charge in [-0.05, 0) is 67.8 Å². The predicted molar refractivity (Wildman–Crippen MR) is 112 cm³/mol. The van der Waals surface area contributed by atoms with Crippen molar-refractivity contribution in [2.75, 3.05) is 24.6 Å². The van der Waals surface area contributed by atoms with Crippen molar-refractivity contribution in [2.24, 2.45) is 0 Å². The summed E-state index contributed by atoms with van der Waals surface area (Å²) >= 11 is 3.46. The molecule has 2 aromatic rings. The van der Waals surface area contributed by atoms with Crippen LogP contribution in [0, 0.1) is 0 Å². The lowest BCUT2D eigenvalue weighted by Gasteiger charge is -2.29. The first-order valence-electron chi connectivity index (χ1n) is 9.22. The molecule has 0 saturated heterocycles. The fourth-order valence-corrected chi connectivity index (χ4v) is 4.66. The molecule has 1 heterocycles. The maximum Gasteiger partial charge on any atom is 0.240 e. The van der Waals surface area contributed by atoms with Crippen molar-refractivity contribution in [1.29, 1.82) is 0 Å². The molecule has 28 heavy (non-hydrogen) atoms. The third kappa shape index (κ3) is 4.92. The molecule has 0 spiro atoms. The molecule has 1 amide bonds. The Morgan fingerprint density at radius 3 is 2.68 bits per heavy atom. The Labute approximate surface area is 174 Å². The molecule has 0 aromatic heterocycles. The monoisotopic (exact) mass is 466 g/mol. The standard InChI is InChI=1S/C20H23BrN2O4S/c1-2-27-17-6-8-18(9-7-17)28(25,26)22-12-11-20(24)23-13-3-4-15-14-16(21)5-10-19(15)23/h5-10,14,22H,2-4,11-13H2,1H3. The molecule has 0 aliphatic carbocycles. The molecule has 150 valence electrons. The summed E-state index contributed by atoms with van der Waals surface area (Å²) in [5.74, 6) is 0.532. The fraction of sp³-hybridized carbons (Fsp3) is 0.350. The normalized spacial score (nSPS) is 13.9. The molecular weight excluding hydrogens is 444 g/mol. The van der Waals surface area contributed by atoms with E-state index in [0.29, 0.717) is 18.9 Å². The van der Waals surface area contributed by atoms with E-state index in [9.17, 15) is 13.2 Å². The summed E-state index contributed by atoms with van der Waals surface area (Å²) in [6, 6.07) is 12.1. The molecule has 1 N–H and O–H groups in total. The van der Waals surface area contributed by atoms with Gasteiger partial charge in [-0.2, -0.15) is 0 Å². The number of nitrogens with zero attached hydrogens (tertiary/aromatic N) is 1. The highest BCUT2D eigenvalue weighted by atomic mass is 79.9. The van der Waals surface area contributed by atoms with Crippen LogP contribution >= 0.6 is 15.9 Å². The molecule has 1 aliphatic rings. The molecule has 0 fully saturated rings. The third-order valence-electron chi connectivity index (χ3n) is 4.54. The van der Waals surface area contributed by atoms with Crippen LogP contribution < -0.4 is 14.4 Å². The highest BCUT2D eigenvalue weighted by molar-refractivity contribution is 9.10. The van der Waals surface area contributed by atoms with Crippen LogP contribution in [0.5, 0.6) is 5.75 Å². The Balaban J connectivity index is 1.59. The van der Waals surface area contributed by atoms with E-state index in [1.165, 1.54) is 12.1 Å². The molecular formula is C20H23BrN2O4S. The molecule has 1 aliphatic heterocycles. The minimum absolute atomic E-state index is 0.0523. The van der Waals surface area contributed by atoms with Gasteiger partial charge >= 0.3 is 0 Å². The number of sulfonamides is 1. The van der Waals surface area contributed by atoms with E-state index in [4.69, 9.17) is 4.74 Å². The van der Waals surface area contributed by atoms with Gasteiger partial charge in [-0.1, -0.05) is 15.9 Å². The van der Waals surface area contributed by atoms with Crippen LogP contribution in [0.3, 0.4) is 0 Å². The van der Waals surface area contributed by atoms with Gasteiger partial charge < -0.3 is 9.64 Å². The average Bonchev–Trinajstić information content (AvgIpc) is 2.67. The summed E-state index contributed by atoms with van der Waals surface area (Å²) in [5, 5.41) is 0. The first-order valence-corrected chi connectivity index (χ1v) is 11.5. The minimum atomic E-state index is -3.67. The van der Waals surface area contributed by atoms with Crippen molar-refractivity contribution in [3.63, 3.8) is 0 Å². The van der Waals surface area contributed by atoms with Crippen molar-refractivity contribution in [1.82, 2.24) is 4.72 Å². The summed E-state index contributed by atoms with van der Waals surface area (Å²) < 4.78 is 33.6.